The molecule has 1 unspecified atom stereocenters. The van der Waals surface area contributed by atoms with Crippen LogP contribution in [0.25, 0.3) is 0 Å². The van der Waals surface area contributed by atoms with Gasteiger partial charge in [0, 0.05) is 12.2 Å². The fourth-order valence-electron chi connectivity index (χ4n) is 3.33. The molecule has 1 fully saturated rings. The highest BCUT2D eigenvalue weighted by molar-refractivity contribution is 8.02. The topological polar surface area (TPSA) is 6.48 Å². The van der Waals surface area contributed by atoms with Gasteiger partial charge in [-0.3, -0.25) is 0 Å². The molecule has 1 aromatic carbocycles. The molecule has 0 aliphatic carbocycles. The summed E-state index contributed by atoms with van der Waals surface area (Å²) in [6.45, 7) is 7.01. The van der Waals surface area contributed by atoms with E-state index in [9.17, 15) is 4.39 Å². The van der Waals surface area contributed by atoms with E-state index in [4.69, 9.17) is 0 Å². The Balaban J connectivity index is 1.52. The van der Waals surface area contributed by atoms with E-state index in [1.165, 1.54) is 57.1 Å². The molecule has 0 aromatic heterocycles. The molecule has 2 aliphatic rings. The Kier molecular flexibility index (Phi) is 5.42. The third-order valence-corrected chi connectivity index (χ3v) is 5.82. The number of thioether (sulfide) groups is 1. The largest absolute Gasteiger partial charge is 0.358 e. The van der Waals surface area contributed by atoms with Crippen LogP contribution in [0, 0.1) is 5.82 Å². The molecule has 0 spiro atoms. The van der Waals surface area contributed by atoms with Gasteiger partial charge in [-0.15, -0.1) is 11.8 Å². The third kappa shape index (κ3) is 3.85. The van der Waals surface area contributed by atoms with E-state index in [1.54, 1.807) is 17.8 Å². The number of allylic oxidation sites excluding steroid dienone is 1. The molecule has 0 bridgehead atoms. The minimum Gasteiger partial charge on any atom is -0.358 e. The number of nitrogens with zero attached hydrogens (tertiary/aromatic N) is 2. The van der Waals surface area contributed by atoms with E-state index in [1.807, 2.05) is 12.1 Å². The number of rotatable bonds is 6. The number of likely N-dealkylation sites (tertiary alicyclic amines) is 1. The molecule has 4 heteroatoms. The summed E-state index contributed by atoms with van der Waals surface area (Å²) in [5, 5.41) is 2.44. The summed E-state index contributed by atoms with van der Waals surface area (Å²) in [6, 6.07) is 7.03. The van der Waals surface area contributed by atoms with Gasteiger partial charge in [0.05, 0.1) is 0 Å². The van der Waals surface area contributed by atoms with Gasteiger partial charge in [0.2, 0.25) is 0 Å². The molecule has 2 aliphatic heterocycles. The van der Waals surface area contributed by atoms with Crippen LogP contribution in [0.5, 0.6) is 0 Å². The lowest BCUT2D eigenvalue weighted by atomic mass is 10.2. The van der Waals surface area contributed by atoms with Gasteiger partial charge in [0.1, 0.15) is 11.2 Å². The van der Waals surface area contributed by atoms with Gasteiger partial charge in [-0.05, 0) is 75.3 Å². The lowest BCUT2D eigenvalue weighted by molar-refractivity contribution is 0.295. The number of unbranched alkanes of at least 4 members (excludes halogenated alkanes) is 1. The first-order chi connectivity index (χ1) is 10.7. The first-order valence-electron chi connectivity index (χ1n) is 8.31. The van der Waals surface area contributed by atoms with Crippen molar-refractivity contribution in [1.82, 2.24) is 9.80 Å². The normalized spacial score (nSPS) is 22.4. The predicted octanol–water partition coefficient (Wildman–Crippen LogP) is 4.61. The van der Waals surface area contributed by atoms with Crippen molar-refractivity contribution in [3.05, 3.63) is 46.8 Å². The van der Waals surface area contributed by atoms with Gasteiger partial charge in [0.15, 0.2) is 0 Å². The molecule has 120 valence electrons. The van der Waals surface area contributed by atoms with Crippen molar-refractivity contribution in [3.8, 4) is 0 Å². The standard InChI is InChI=1S/C18H25FN2S/c1-15-14-22-18(16-7-6-8-17(19)13-16)21(15)12-5-4-11-20-9-2-3-10-20/h6-8,13-14,18H,2-5,9-12H2,1H3. The molecule has 0 radical (unpaired) electrons. The summed E-state index contributed by atoms with van der Waals surface area (Å²) in [6.07, 6.45) is 5.19. The molecule has 3 rings (SSSR count). The smallest absolute Gasteiger partial charge is 0.123 e. The van der Waals surface area contributed by atoms with Gasteiger partial charge < -0.3 is 9.80 Å². The van der Waals surface area contributed by atoms with Crippen LogP contribution in [-0.4, -0.2) is 36.0 Å². The summed E-state index contributed by atoms with van der Waals surface area (Å²) in [5.41, 5.74) is 2.37. The van der Waals surface area contributed by atoms with Crippen molar-refractivity contribution in [2.45, 2.75) is 38.0 Å². The highest BCUT2D eigenvalue weighted by atomic mass is 32.2. The van der Waals surface area contributed by atoms with Crippen LogP contribution in [0.15, 0.2) is 35.4 Å². The summed E-state index contributed by atoms with van der Waals surface area (Å²) in [7, 11) is 0. The van der Waals surface area contributed by atoms with Gasteiger partial charge in [0.25, 0.3) is 0 Å². The van der Waals surface area contributed by atoms with Crippen LogP contribution in [0.2, 0.25) is 0 Å². The maximum absolute atomic E-state index is 13.5. The van der Waals surface area contributed by atoms with E-state index in [-0.39, 0.29) is 11.2 Å². The predicted molar refractivity (Wildman–Crippen MR) is 92.1 cm³/mol. The Morgan fingerprint density at radius 2 is 1.95 bits per heavy atom. The first-order valence-corrected chi connectivity index (χ1v) is 9.25. The van der Waals surface area contributed by atoms with Crippen LogP contribution >= 0.6 is 11.8 Å². The minimum atomic E-state index is -0.142. The summed E-state index contributed by atoms with van der Waals surface area (Å²) in [5.74, 6) is -0.142. The van der Waals surface area contributed by atoms with Crippen molar-refractivity contribution in [1.29, 1.82) is 0 Å². The number of hydrogen-bond acceptors (Lipinski definition) is 3. The number of halogens is 1. The summed E-state index contributed by atoms with van der Waals surface area (Å²) >= 11 is 1.79. The van der Waals surface area contributed by atoms with E-state index < -0.39 is 0 Å². The molecule has 2 nitrogen and oxygen atoms in total. The molecule has 2 heterocycles. The van der Waals surface area contributed by atoms with Crippen LogP contribution in [-0.2, 0) is 0 Å². The van der Waals surface area contributed by atoms with E-state index >= 15 is 0 Å². The molecule has 1 aromatic rings. The molecule has 1 saturated heterocycles. The number of hydrogen-bond donors (Lipinski definition) is 0. The molecule has 22 heavy (non-hydrogen) atoms. The summed E-state index contributed by atoms with van der Waals surface area (Å²) < 4.78 is 13.5. The van der Waals surface area contributed by atoms with Crippen molar-refractivity contribution in [2.24, 2.45) is 0 Å². The van der Waals surface area contributed by atoms with E-state index in [0.29, 0.717) is 0 Å². The fourth-order valence-corrected chi connectivity index (χ4v) is 4.51. The average Bonchev–Trinajstić information content (AvgIpc) is 3.14. The molecular weight excluding hydrogens is 295 g/mol. The maximum Gasteiger partial charge on any atom is 0.123 e. The Morgan fingerprint density at radius 3 is 2.73 bits per heavy atom. The average molecular weight is 320 g/mol. The molecule has 1 atom stereocenters. The quantitative estimate of drug-likeness (QED) is 0.707. The Labute approximate surface area is 137 Å². The fraction of sp³-hybridized carbons (Fsp3) is 0.556. The summed E-state index contributed by atoms with van der Waals surface area (Å²) in [4.78, 5) is 4.99. The van der Waals surface area contributed by atoms with Crippen molar-refractivity contribution in [2.75, 3.05) is 26.2 Å². The Morgan fingerprint density at radius 1 is 1.18 bits per heavy atom. The monoisotopic (exact) mass is 320 g/mol. The van der Waals surface area contributed by atoms with Crippen molar-refractivity contribution in [3.63, 3.8) is 0 Å². The van der Waals surface area contributed by atoms with Gasteiger partial charge in [-0.2, -0.15) is 0 Å². The van der Waals surface area contributed by atoms with Crippen LogP contribution in [0.1, 0.15) is 43.5 Å². The Bertz CT molecular complexity index is 526. The third-order valence-electron chi connectivity index (χ3n) is 4.56. The zero-order valence-electron chi connectivity index (χ0n) is 13.3. The highest BCUT2D eigenvalue weighted by Crippen LogP contribution is 2.42. The molecule has 0 N–H and O–H groups in total. The van der Waals surface area contributed by atoms with Gasteiger partial charge >= 0.3 is 0 Å². The van der Waals surface area contributed by atoms with Crippen LogP contribution < -0.4 is 0 Å². The minimum absolute atomic E-state index is 0.142. The molecule has 0 saturated carbocycles. The zero-order valence-corrected chi connectivity index (χ0v) is 14.1. The Hall–Kier alpha value is -1.00. The second-order valence-electron chi connectivity index (χ2n) is 6.25. The second kappa shape index (κ2) is 7.51. The van der Waals surface area contributed by atoms with Crippen LogP contribution in [0.3, 0.4) is 0 Å². The van der Waals surface area contributed by atoms with Crippen molar-refractivity contribution >= 4 is 11.8 Å². The van der Waals surface area contributed by atoms with Crippen molar-refractivity contribution < 1.29 is 4.39 Å². The van der Waals surface area contributed by atoms with E-state index in [2.05, 4.69) is 22.1 Å². The lowest BCUT2D eigenvalue weighted by Crippen LogP contribution is -2.25. The van der Waals surface area contributed by atoms with Gasteiger partial charge in [-0.1, -0.05) is 12.1 Å². The number of benzene rings is 1. The van der Waals surface area contributed by atoms with Crippen LogP contribution in [0.4, 0.5) is 4.39 Å². The highest BCUT2D eigenvalue weighted by Gasteiger charge is 2.25. The maximum atomic E-state index is 13.5. The van der Waals surface area contributed by atoms with Gasteiger partial charge in [-0.25, -0.2) is 4.39 Å². The van der Waals surface area contributed by atoms with E-state index in [0.717, 1.165) is 12.1 Å². The molecule has 0 amide bonds. The second-order valence-corrected chi connectivity index (χ2v) is 7.21. The molecular formula is C18H25FN2S. The zero-order chi connectivity index (χ0) is 15.4. The SMILES string of the molecule is CC1=CSC(c2cccc(F)c2)N1CCCCN1CCCC1. The first kappa shape index (κ1) is 15.9. The lowest BCUT2D eigenvalue weighted by Gasteiger charge is -2.28.